The molecule has 2 atom stereocenters. The van der Waals surface area contributed by atoms with Gasteiger partial charge in [0.05, 0.1) is 6.61 Å². The van der Waals surface area contributed by atoms with Crippen LogP contribution in [-0.4, -0.2) is 43.3 Å². The SMILES string of the molecule is CN(C1CCOC1)C(C)(CN)CC1CCC1. The number of nitrogens with two attached hydrogens (primary N) is 1. The number of hydrogen-bond donors (Lipinski definition) is 1. The van der Waals surface area contributed by atoms with Gasteiger partial charge in [-0.3, -0.25) is 4.90 Å². The van der Waals surface area contributed by atoms with Gasteiger partial charge >= 0.3 is 0 Å². The van der Waals surface area contributed by atoms with E-state index < -0.39 is 0 Å². The summed E-state index contributed by atoms with van der Waals surface area (Å²) in [5.41, 5.74) is 6.19. The van der Waals surface area contributed by atoms with Gasteiger partial charge in [0, 0.05) is 24.7 Å². The topological polar surface area (TPSA) is 38.5 Å². The average Bonchev–Trinajstić information content (AvgIpc) is 2.75. The van der Waals surface area contributed by atoms with Crippen molar-refractivity contribution in [1.82, 2.24) is 4.90 Å². The highest BCUT2D eigenvalue weighted by molar-refractivity contribution is 4.93. The first-order valence-electron chi connectivity index (χ1n) is 6.66. The van der Waals surface area contributed by atoms with E-state index in [0.29, 0.717) is 6.04 Å². The van der Waals surface area contributed by atoms with Gasteiger partial charge in [0.1, 0.15) is 0 Å². The maximum Gasteiger partial charge on any atom is 0.0622 e. The van der Waals surface area contributed by atoms with Crippen molar-refractivity contribution in [1.29, 1.82) is 0 Å². The molecule has 2 fully saturated rings. The van der Waals surface area contributed by atoms with Gasteiger partial charge in [-0.15, -0.1) is 0 Å². The van der Waals surface area contributed by atoms with E-state index >= 15 is 0 Å². The third-order valence-electron chi connectivity index (χ3n) is 4.70. The van der Waals surface area contributed by atoms with Gasteiger partial charge in [0.25, 0.3) is 0 Å². The van der Waals surface area contributed by atoms with Crippen molar-refractivity contribution in [3.8, 4) is 0 Å². The van der Waals surface area contributed by atoms with Crippen LogP contribution in [-0.2, 0) is 4.74 Å². The van der Waals surface area contributed by atoms with Crippen LogP contribution in [0.1, 0.15) is 39.0 Å². The molecule has 0 spiro atoms. The molecule has 2 rings (SSSR count). The molecular formula is C13H26N2O. The molecule has 2 N–H and O–H groups in total. The van der Waals surface area contributed by atoms with Crippen molar-refractivity contribution in [3.05, 3.63) is 0 Å². The summed E-state index contributed by atoms with van der Waals surface area (Å²) in [5, 5.41) is 0. The van der Waals surface area contributed by atoms with E-state index in [4.69, 9.17) is 10.5 Å². The van der Waals surface area contributed by atoms with Crippen LogP contribution in [0.2, 0.25) is 0 Å². The number of nitrogens with zero attached hydrogens (tertiary/aromatic N) is 1. The van der Waals surface area contributed by atoms with E-state index in [0.717, 1.165) is 32.1 Å². The molecule has 1 aliphatic carbocycles. The minimum absolute atomic E-state index is 0.170. The zero-order chi connectivity index (χ0) is 11.6. The molecule has 1 heterocycles. The molecule has 1 saturated heterocycles. The largest absolute Gasteiger partial charge is 0.380 e. The predicted octanol–water partition coefficient (Wildman–Crippen LogP) is 1.61. The van der Waals surface area contributed by atoms with Crippen LogP contribution in [0, 0.1) is 5.92 Å². The first kappa shape index (κ1) is 12.3. The Labute approximate surface area is 99.3 Å². The Bertz CT molecular complexity index is 224. The Hall–Kier alpha value is -0.120. The average molecular weight is 226 g/mol. The zero-order valence-electron chi connectivity index (χ0n) is 10.7. The molecule has 0 amide bonds. The molecule has 2 unspecified atom stereocenters. The van der Waals surface area contributed by atoms with Gasteiger partial charge < -0.3 is 10.5 Å². The zero-order valence-corrected chi connectivity index (χ0v) is 10.7. The quantitative estimate of drug-likeness (QED) is 0.774. The van der Waals surface area contributed by atoms with Crippen LogP contribution < -0.4 is 5.73 Å². The highest BCUT2D eigenvalue weighted by atomic mass is 16.5. The maximum absolute atomic E-state index is 6.02. The second kappa shape index (κ2) is 5.03. The predicted molar refractivity (Wildman–Crippen MR) is 66.4 cm³/mol. The molecule has 0 aromatic heterocycles. The van der Waals surface area contributed by atoms with E-state index in [1.54, 1.807) is 0 Å². The molecule has 94 valence electrons. The molecule has 0 aromatic carbocycles. The first-order chi connectivity index (χ1) is 7.65. The third kappa shape index (κ3) is 2.41. The lowest BCUT2D eigenvalue weighted by atomic mass is 9.75. The van der Waals surface area contributed by atoms with E-state index in [2.05, 4.69) is 18.9 Å². The molecular weight excluding hydrogens is 200 g/mol. The Balaban J connectivity index is 1.94. The van der Waals surface area contributed by atoms with Gasteiger partial charge in [0.2, 0.25) is 0 Å². The number of hydrogen-bond acceptors (Lipinski definition) is 3. The van der Waals surface area contributed by atoms with Crippen molar-refractivity contribution < 1.29 is 4.74 Å². The highest BCUT2D eigenvalue weighted by Crippen LogP contribution is 2.36. The Morgan fingerprint density at radius 1 is 1.38 bits per heavy atom. The van der Waals surface area contributed by atoms with Crippen molar-refractivity contribution in [2.75, 3.05) is 26.8 Å². The van der Waals surface area contributed by atoms with Crippen LogP contribution in [0.25, 0.3) is 0 Å². The minimum Gasteiger partial charge on any atom is -0.380 e. The Kier molecular flexibility index (Phi) is 3.88. The van der Waals surface area contributed by atoms with E-state index in [-0.39, 0.29) is 5.54 Å². The van der Waals surface area contributed by atoms with Gasteiger partial charge in [-0.25, -0.2) is 0 Å². The maximum atomic E-state index is 6.02. The molecule has 1 saturated carbocycles. The lowest BCUT2D eigenvalue weighted by Crippen LogP contribution is -2.55. The second-order valence-electron chi connectivity index (χ2n) is 5.83. The van der Waals surface area contributed by atoms with E-state index in [1.807, 2.05) is 0 Å². The van der Waals surface area contributed by atoms with E-state index in [1.165, 1.54) is 25.7 Å². The smallest absolute Gasteiger partial charge is 0.0622 e. The molecule has 0 aromatic rings. The standard InChI is InChI=1S/C13H26N2O/c1-13(10-14,8-11-4-3-5-11)15(2)12-6-7-16-9-12/h11-12H,3-10,14H2,1-2H3. The monoisotopic (exact) mass is 226 g/mol. The van der Waals surface area contributed by atoms with Crippen molar-refractivity contribution in [2.45, 2.75) is 50.6 Å². The summed E-state index contributed by atoms with van der Waals surface area (Å²) < 4.78 is 5.48. The molecule has 16 heavy (non-hydrogen) atoms. The summed E-state index contributed by atoms with van der Waals surface area (Å²) in [6.07, 6.45) is 6.66. The summed E-state index contributed by atoms with van der Waals surface area (Å²) >= 11 is 0. The Morgan fingerprint density at radius 3 is 2.56 bits per heavy atom. The van der Waals surface area contributed by atoms with Crippen molar-refractivity contribution in [3.63, 3.8) is 0 Å². The van der Waals surface area contributed by atoms with Gasteiger partial charge in [-0.1, -0.05) is 19.3 Å². The summed E-state index contributed by atoms with van der Waals surface area (Å²) in [6, 6.07) is 0.577. The fourth-order valence-corrected chi connectivity index (χ4v) is 2.96. The minimum atomic E-state index is 0.170. The molecule has 0 bridgehead atoms. The molecule has 3 heteroatoms. The fourth-order valence-electron chi connectivity index (χ4n) is 2.96. The van der Waals surface area contributed by atoms with Gasteiger partial charge in [0.15, 0.2) is 0 Å². The second-order valence-corrected chi connectivity index (χ2v) is 5.83. The highest BCUT2D eigenvalue weighted by Gasteiger charge is 2.37. The normalized spacial score (nSPS) is 30.4. The number of ether oxygens (including phenoxy) is 1. The third-order valence-corrected chi connectivity index (χ3v) is 4.70. The summed E-state index contributed by atoms with van der Waals surface area (Å²) in [7, 11) is 2.23. The Morgan fingerprint density at radius 2 is 2.12 bits per heavy atom. The summed E-state index contributed by atoms with van der Waals surface area (Å²) in [5.74, 6) is 0.915. The van der Waals surface area contributed by atoms with Gasteiger partial charge in [-0.2, -0.15) is 0 Å². The first-order valence-corrected chi connectivity index (χ1v) is 6.66. The van der Waals surface area contributed by atoms with Crippen molar-refractivity contribution >= 4 is 0 Å². The van der Waals surface area contributed by atoms with Gasteiger partial charge in [-0.05, 0) is 32.7 Å². The molecule has 2 aliphatic rings. The summed E-state index contributed by atoms with van der Waals surface area (Å²) in [6.45, 7) is 4.88. The van der Waals surface area contributed by atoms with Crippen LogP contribution in [0.15, 0.2) is 0 Å². The number of likely N-dealkylation sites (N-methyl/N-ethyl adjacent to an activating group) is 1. The van der Waals surface area contributed by atoms with E-state index in [9.17, 15) is 0 Å². The lowest BCUT2D eigenvalue weighted by Gasteiger charge is -2.45. The number of rotatable bonds is 5. The molecule has 0 radical (unpaired) electrons. The fraction of sp³-hybridized carbons (Fsp3) is 1.00. The van der Waals surface area contributed by atoms with Crippen LogP contribution in [0.5, 0.6) is 0 Å². The van der Waals surface area contributed by atoms with Crippen LogP contribution >= 0.6 is 0 Å². The van der Waals surface area contributed by atoms with Crippen molar-refractivity contribution in [2.24, 2.45) is 11.7 Å². The molecule has 3 nitrogen and oxygen atoms in total. The van der Waals surface area contributed by atoms with Crippen LogP contribution in [0.3, 0.4) is 0 Å². The van der Waals surface area contributed by atoms with Crippen LogP contribution in [0.4, 0.5) is 0 Å². The summed E-state index contributed by atoms with van der Waals surface area (Å²) in [4.78, 5) is 2.48. The lowest BCUT2D eigenvalue weighted by molar-refractivity contribution is 0.0478. The molecule has 1 aliphatic heterocycles.